The van der Waals surface area contributed by atoms with Gasteiger partial charge in [0.2, 0.25) is 0 Å². The fourth-order valence-corrected chi connectivity index (χ4v) is 1.84. The molecular weight excluding hydrogens is 188 g/mol. The Morgan fingerprint density at radius 2 is 2.33 bits per heavy atom. The van der Waals surface area contributed by atoms with Crippen LogP contribution in [0.4, 0.5) is 0 Å². The van der Waals surface area contributed by atoms with Crippen molar-refractivity contribution in [3.8, 4) is 11.1 Å². The molecular formula is C11H10N4. The second-order valence-corrected chi connectivity index (χ2v) is 3.52. The summed E-state index contributed by atoms with van der Waals surface area (Å²) >= 11 is 0. The van der Waals surface area contributed by atoms with Crippen LogP contribution in [0.2, 0.25) is 0 Å². The highest BCUT2D eigenvalue weighted by atomic mass is 15.1. The Kier molecular flexibility index (Phi) is 1.62. The maximum absolute atomic E-state index is 4.34. The molecule has 0 spiro atoms. The Labute approximate surface area is 86.6 Å². The average molecular weight is 198 g/mol. The van der Waals surface area contributed by atoms with E-state index in [9.17, 15) is 0 Å². The first-order valence-electron chi connectivity index (χ1n) is 4.75. The Bertz CT molecular complexity index is 592. The summed E-state index contributed by atoms with van der Waals surface area (Å²) in [6.45, 7) is 0. The molecule has 3 aromatic rings. The number of fused-ring (bicyclic) bond motifs is 1. The summed E-state index contributed by atoms with van der Waals surface area (Å²) in [5.41, 5.74) is 3.25. The van der Waals surface area contributed by atoms with E-state index in [1.54, 1.807) is 0 Å². The molecule has 0 fully saturated rings. The summed E-state index contributed by atoms with van der Waals surface area (Å²) < 4.78 is 2.03. The second-order valence-electron chi connectivity index (χ2n) is 3.52. The van der Waals surface area contributed by atoms with E-state index in [1.807, 2.05) is 36.3 Å². The van der Waals surface area contributed by atoms with Gasteiger partial charge >= 0.3 is 0 Å². The molecule has 4 nitrogen and oxygen atoms in total. The van der Waals surface area contributed by atoms with Crippen molar-refractivity contribution in [3.05, 3.63) is 36.9 Å². The molecule has 4 heteroatoms. The predicted octanol–water partition coefficient (Wildman–Crippen LogP) is 1.96. The number of rotatable bonds is 1. The number of pyridine rings is 1. The Balaban J connectivity index is 2.37. The quantitative estimate of drug-likeness (QED) is 0.649. The zero-order chi connectivity index (χ0) is 10.3. The number of hydrogen-bond acceptors (Lipinski definition) is 2. The van der Waals surface area contributed by atoms with Crippen molar-refractivity contribution in [2.24, 2.45) is 7.05 Å². The van der Waals surface area contributed by atoms with Crippen molar-refractivity contribution < 1.29 is 0 Å². The summed E-state index contributed by atoms with van der Waals surface area (Å²) in [5, 5.41) is 7.94. The van der Waals surface area contributed by atoms with E-state index in [0.717, 1.165) is 22.2 Å². The van der Waals surface area contributed by atoms with E-state index < -0.39 is 0 Å². The second kappa shape index (κ2) is 2.95. The maximum Gasteiger partial charge on any atom is 0.140 e. The van der Waals surface area contributed by atoms with Gasteiger partial charge in [0.1, 0.15) is 5.65 Å². The van der Waals surface area contributed by atoms with Gasteiger partial charge in [0, 0.05) is 42.2 Å². The van der Waals surface area contributed by atoms with Crippen LogP contribution in [0.3, 0.4) is 0 Å². The lowest BCUT2D eigenvalue weighted by Crippen LogP contribution is -1.85. The van der Waals surface area contributed by atoms with Crippen molar-refractivity contribution in [3.63, 3.8) is 0 Å². The van der Waals surface area contributed by atoms with Crippen LogP contribution < -0.4 is 0 Å². The van der Waals surface area contributed by atoms with E-state index in [0.29, 0.717) is 0 Å². The molecule has 3 rings (SSSR count). The molecule has 0 amide bonds. The van der Waals surface area contributed by atoms with Gasteiger partial charge in [-0.25, -0.2) is 4.98 Å². The van der Waals surface area contributed by atoms with Crippen molar-refractivity contribution in [2.45, 2.75) is 0 Å². The minimum absolute atomic E-state index is 0.994. The molecule has 1 N–H and O–H groups in total. The molecule has 0 unspecified atom stereocenters. The Morgan fingerprint density at radius 3 is 3.13 bits per heavy atom. The van der Waals surface area contributed by atoms with Gasteiger partial charge in [0.25, 0.3) is 0 Å². The van der Waals surface area contributed by atoms with Gasteiger partial charge in [-0.15, -0.1) is 0 Å². The third-order valence-corrected chi connectivity index (χ3v) is 2.54. The molecule has 0 aliphatic rings. The van der Waals surface area contributed by atoms with Crippen LogP contribution >= 0.6 is 0 Å². The Hall–Kier alpha value is -2.10. The topological polar surface area (TPSA) is 46.5 Å². The molecule has 0 bridgehead atoms. The van der Waals surface area contributed by atoms with Crippen LogP contribution in [-0.2, 0) is 7.05 Å². The minimum Gasteiger partial charge on any atom is -0.335 e. The number of aromatic nitrogens is 4. The van der Waals surface area contributed by atoms with Crippen molar-refractivity contribution in [2.75, 3.05) is 0 Å². The third kappa shape index (κ3) is 1.15. The van der Waals surface area contributed by atoms with E-state index >= 15 is 0 Å². The minimum atomic E-state index is 0.994. The number of H-pyrrole nitrogens is 1. The van der Waals surface area contributed by atoms with Crippen LogP contribution in [0, 0.1) is 0 Å². The molecule has 0 aromatic carbocycles. The molecule has 0 atom stereocenters. The van der Waals surface area contributed by atoms with E-state index in [1.165, 1.54) is 0 Å². The molecule has 0 saturated carbocycles. The van der Waals surface area contributed by atoms with Gasteiger partial charge in [0.15, 0.2) is 0 Å². The van der Waals surface area contributed by atoms with Gasteiger partial charge in [-0.1, -0.05) is 0 Å². The molecule has 0 saturated heterocycles. The molecule has 15 heavy (non-hydrogen) atoms. The van der Waals surface area contributed by atoms with Gasteiger partial charge in [-0.2, -0.15) is 5.10 Å². The lowest BCUT2D eigenvalue weighted by atomic mass is 10.1. The zero-order valence-electron chi connectivity index (χ0n) is 8.31. The summed E-state index contributed by atoms with van der Waals surface area (Å²) in [6.07, 6.45) is 7.59. The highest BCUT2D eigenvalue weighted by Crippen LogP contribution is 2.27. The normalized spacial score (nSPS) is 11.0. The molecule has 3 aromatic heterocycles. The van der Waals surface area contributed by atoms with Crippen LogP contribution in [-0.4, -0.2) is 19.7 Å². The number of aromatic amines is 1. The molecule has 74 valence electrons. The predicted molar refractivity (Wildman–Crippen MR) is 58.3 cm³/mol. The van der Waals surface area contributed by atoms with Crippen molar-refractivity contribution in [1.29, 1.82) is 0 Å². The van der Waals surface area contributed by atoms with Crippen LogP contribution in [0.1, 0.15) is 0 Å². The summed E-state index contributed by atoms with van der Waals surface area (Å²) in [7, 11) is 2.00. The summed E-state index contributed by atoms with van der Waals surface area (Å²) in [5.74, 6) is 0. The smallest absolute Gasteiger partial charge is 0.140 e. The molecule has 0 aliphatic carbocycles. The maximum atomic E-state index is 4.34. The van der Waals surface area contributed by atoms with Gasteiger partial charge < -0.3 is 4.57 Å². The average Bonchev–Trinajstić information content (AvgIpc) is 2.87. The third-order valence-electron chi connectivity index (χ3n) is 2.54. The number of hydrogen-bond donors (Lipinski definition) is 1. The Morgan fingerprint density at radius 1 is 1.40 bits per heavy atom. The van der Waals surface area contributed by atoms with Crippen molar-refractivity contribution >= 4 is 11.0 Å². The largest absolute Gasteiger partial charge is 0.335 e. The number of nitrogens with one attached hydrogen (secondary N) is 1. The first kappa shape index (κ1) is 8.23. The van der Waals surface area contributed by atoms with Crippen molar-refractivity contribution in [1.82, 2.24) is 19.7 Å². The fourth-order valence-electron chi connectivity index (χ4n) is 1.84. The van der Waals surface area contributed by atoms with Crippen LogP contribution in [0.5, 0.6) is 0 Å². The van der Waals surface area contributed by atoms with Gasteiger partial charge in [-0.05, 0) is 12.1 Å². The van der Waals surface area contributed by atoms with Crippen LogP contribution in [0.15, 0.2) is 36.9 Å². The van der Waals surface area contributed by atoms with E-state index in [-0.39, 0.29) is 0 Å². The standard InChI is InChI=1S/C11H10N4/c1-15-7-10(8-5-13-14-6-8)9-3-2-4-12-11(9)15/h2-7H,1H3,(H,13,14). The van der Waals surface area contributed by atoms with Crippen LogP contribution in [0.25, 0.3) is 22.2 Å². The van der Waals surface area contributed by atoms with E-state index in [2.05, 4.69) is 27.4 Å². The monoisotopic (exact) mass is 198 g/mol. The zero-order valence-corrected chi connectivity index (χ0v) is 8.31. The SMILES string of the molecule is Cn1cc(-c2cn[nH]c2)c2cccnc21. The highest BCUT2D eigenvalue weighted by Gasteiger charge is 2.08. The van der Waals surface area contributed by atoms with E-state index in [4.69, 9.17) is 0 Å². The van der Waals surface area contributed by atoms with Gasteiger partial charge in [-0.3, -0.25) is 5.10 Å². The highest BCUT2D eigenvalue weighted by molar-refractivity contribution is 5.93. The molecule has 3 heterocycles. The number of aryl methyl sites for hydroxylation is 1. The summed E-state index contributed by atoms with van der Waals surface area (Å²) in [4.78, 5) is 4.34. The van der Waals surface area contributed by atoms with Gasteiger partial charge in [0.05, 0.1) is 6.20 Å². The lowest BCUT2D eigenvalue weighted by molar-refractivity contribution is 0.949. The molecule has 0 radical (unpaired) electrons. The fraction of sp³-hybridized carbons (Fsp3) is 0.0909. The number of nitrogens with zero attached hydrogens (tertiary/aromatic N) is 3. The first-order valence-corrected chi connectivity index (χ1v) is 4.75. The first-order chi connectivity index (χ1) is 7.36. The molecule has 0 aliphatic heterocycles. The lowest BCUT2D eigenvalue weighted by Gasteiger charge is -1.92. The summed E-state index contributed by atoms with van der Waals surface area (Å²) in [6, 6.07) is 4.02.